The van der Waals surface area contributed by atoms with Gasteiger partial charge >= 0.3 is 12.1 Å². The molecule has 2 saturated heterocycles. The molecular formula is C17H18F4N2O3. The average Bonchev–Trinajstić information content (AvgIpc) is 3.02. The van der Waals surface area contributed by atoms with Crippen molar-refractivity contribution in [3.8, 4) is 0 Å². The van der Waals surface area contributed by atoms with E-state index in [1.54, 1.807) is 6.07 Å². The van der Waals surface area contributed by atoms with Crippen LogP contribution in [0.3, 0.4) is 0 Å². The molecule has 9 heteroatoms. The molecule has 1 aromatic carbocycles. The van der Waals surface area contributed by atoms with Gasteiger partial charge in [-0.3, -0.25) is 14.5 Å². The second-order valence-electron chi connectivity index (χ2n) is 6.65. The summed E-state index contributed by atoms with van der Waals surface area (Å²) < 4.78 is 53.5. The zero-order valence-corrected chi connectivity index (χ0v) is 13.7. The van der Waals surface area contributed by atoms with E-state index in [9.17, 15) is 27.2 Å². The highest BCUT2D eigenvalue weighted by Gasteiger charge is 2.54. The monoisotopic (exact) mass is 374 g/mol. The van der Waals surface area contributed by atoms with Gasteiger partial charge in [-0.2, -0.15) is 13.2 Å². The van der Waals surface area contributed by atoms with Crippen molar-refractivity contribution in [3.05, 3.63) is 30.1 Å². The highest BCUT2D eigenvalue weighted by atomic mass is 19.4. The van der Waals surface area contributed by atoms with Crippen molar-refractivity contribution < 1.29 is 32.3 Å². The van der Waals surface area contributed by atoms with E-state index in [1.165, 1.54) is 28.0 Å². The summed E-state index contributed by atoms with van der Waals surface area (Å²) in [4.78, 5) is 26.5. The Bertz CT molecular complexity index is 709. The Balaban J connectivity index is 1.82. The first-order chi connectivity index (χ1) is 12.2. The predicted octanol–water partition coefficient (Wildman–Crippen LogP) is 2.52. The van der Waals surface area contributed by atoms with Gasteiger partial charge in [-0.05, 0) is 25.0 Å². The van der Waals surface area contributed by atoms with Crippen LogP contribution in [0.5, 0.6) is 0 Å². The fourth-order valence-corrected chi connectivity index (χ4v) is 3.78. The minimum absolute atomic E-state index is 0.0866. The van der Waals surface area contributed by atoms with Crippen molar-refractivity contribution in [3.63, 3.8) is 0 Å². The van der Waals surface area contributed by atoms with Crippen LogP contribution in [0.15, 0.2) is 24.3 Å². The largest absolute Gasteiger partial charge is 0.481 e. The van der Waals surface area contributed by atoms with Crippen LogP contribution in [0.2, 0.25) is 0 Å². The third-order valence-corrected chi connectivity index (χ3v) is 5.08. The number of halogens is 4. The maximum absolute atomic E-state index is 14.0. The normalized spacial score (nSPS) is 27.8. The number of carboxylic acid groups (broad SMARTS) is 1. The quantitative estimate of drug-likeness (QED) is 0.826. The fourth-order valence-electron chi connectivity index (χ4n) is 3.78. The van der Waals surface area contributed by atoms with Crippen LogP contribution in [0.1, 0.15) is 12.8 Å². The minimum Gasteiger partial charge on any atom is -0.481 e. The van der Waals surface area contributed by atoms with Crippen LogP contribution in [-0.2, 0) is 9.59 Å². The van der Waals surface area contributed by atoms with Gasteiger partial charge in [-0.15, -0.1) is 0 Å². The number of amides is 1. The van der Waals surface area contributed by atoms with Crippen LogP contribution in [0.4, 0.5) is 23.2 Å². The summed E-state index contributed by atoms with van der Waals surface area (Å²) in [7, 11) is 0. The molecule has 0 radical (unpaired) electrons. The Labute approximate surface area is 147 Å². The number of hydrogen-bond acceptors (Lipinski definition) is 3. The molecule has 1 amide bonds. The van der Waals surface area contributed by atoms with Crippen LogP contribution in [0.25, 0.3) is 0 Å². The van der Waals surface area contributed by atoms with Gasteiger partial charge in [-0.1, -0.05) is 12.1 Å². The van der Waals surface area contributed by atoms with Crippen molar-refractivity contribution in [2.24, 2.45) is 11.8 Å². The number of hydrogen-bond donors (Lipinski definition) is 1. The molecule has 142 valence electrons. The van der Waals surface area contributed by atoms with Gasteiger partial charge in [0, 0.05) is 19.6 Å². The number of rotatable bonds is 3. The number of carbonyl (C=O) groups excluding carboxylic acids is 1. The van der Waals surface area contributed by atoms with E-state index in [4.69, 9.17) is 5.11 Å². The van der Waals surface area contributed by atoms with E-state index in [1.807, 2.05) is 0 Å². The number of benzene rings is 1. The standard InChI is InChI=1S/C17H18F4N2O3/c18-12-4-1-2-5-13(12)23-7-3-6-14(15(23)24)22-8-10(16(25)26)11(9-22)17(19,20)21/h1-2,4-5,10-11,14H,3,6-9H2,(H,25,26)/t10-,11-,14?/m1/s1. The number of carbonyl (C=O) groups is 2. The molecule has 5 nitrogen and oxygen atoms in total. The Morgan fingerprint density at radius 2 is 1.88 bits per heavy atom. The molecule has 0 aromatic heterocycles. The van der Waals surface area contributed by atoms with Crippen LogP contribution < -0.4 is 4.90 Å². The highest BCUT2D eigenvalue weighted by Crippen LogP contribution is 2.39. The molecule has 0 bridgehead atoms. The number of piperidine rings is 1. The zero-order valence-electron chi connectivity index (χ0n) is 13.7. The Morgan fingerprint density at radius 1 is 1.19 bits per heavy atom. The maximum atomic E-state index is 14.0. The van der Waals surface area contributed by atoms with Crippen LogP contribution in [-0.4, -0.2) is 53.7 Å². The van der Waals surface area contributed by atoms with E-state index in [2.05, 4.69) is 0 Å². The molecule has 1 aromatic rings. The number of para-hydroxylation sites is 1. The number of likely N-dealkylation sites (tertiary alicyclic amines) is 1. The first-order valence-corrected chi connectivity index (χ1v) is 8.29. The van der Waals surface area contributed by atoms with Crippen molar-refractivity contribution in [1.82, 2.24) is 4.90 Å². The maximum Gasteiger partial charge on any atom is 0.393 e. The summed E-state index contributed by atoms with van der Waals surface area (Å²) >= 11 is 0. The third-order valence-electron chi connectivity index (χ3n) is 5.08. The topological polar surface area (TPSA) is 60.9 Å². The van der Waals surface area contributed by atoms with Gasteiger partial charge in [0.25, 0.3) is 0 Å². The molecule has 0 saturated carbocycles. The summed E-state index contributed by atoms with van der Waals surface area (Å²) in [6.45, 7) is -0.613. The molecular weight excluding hydrogens is 356 g/mol. The minimum atomic E-state index is -4.65. The molecule has 2 aliphatic heterocycles. The lowest BCUT2D eigenvalue weighted by Gasteiger charge is -2.37. The Kier molecular flexibility index (Phi) is 4.92. The summed E-state index contributed by atoms with van der Waals surface area (Å²) in [6, 6.07) is 4.83. The van der Waals surface area contributed by atoms with Crippen molar-refractivity contribution in [1.29, 1.82) is 0 Å². The second-order valence-corrected chi connectivity index (χ2v) is 6.65. The number of nitrogens with zero attached hydrogens (tertiary/aromatic N) is 2. The summed E-state index contributed by atoms with van der Waals surface area (Å²) in [6.07, 6.45) is -3.84. The molecule has 0 spiro atoms. The number of anilines is 1. The first-order valence-electron chi connectivity index (χ1n) is 8.29. The molecule has 2 aliphatic rings. The fraction of sp³-hybridized carbons (Fsp3) is 0.529. The third kappa shape index (κ3) is 3.40. The van der Waals surface area contributed by atoms with E-state index >= 15 is 0 Å². The molecule has 3 rings (SSSR count). The van der Waals surface area contributed by atoms with Gasteiger partial charge in [0.15, 0.2) is 0 Å². The average molecular weight is 374 g/mol. The van der Waals surface area contributed by atoms with Crippen LogP contribution in [0, 0.1) is 17.7 Å². The lowest BCUT2D eigenvalue weighted by Crippen LogP contribution is -2.52. The van der Waals surface area contributed by atoms with E-state index in [-0.39, 0.29) is 18.8 Å². The van der Waals surface area contributed by atoms with Gasteiger partial charge in [0.1, 0.15) is 5.82 Å². The van der Waals surface area contributed by atoms with E-state index < -0.39 is 48.3 Å². The Hall–Kier alpha value is -2.16. The summed E-state index contributed by atoms with van der Waals surface area (Å²) in [5.74, 6) is -6.22. The molecule has 2 heterocycles. The molecule has 1 unspecified atom stereocenters. The van der Waals surface area contributed by atoms with Gasteiger partial charge in [0.2, 0.25) is 5.91 Å². The Morgan fingerprint density at radius 3 is 2.46 bits per heavy atom. The molecule has 1 N–H and O–H groups in total. The van der Waals surface area contributed by atoms with Crippen molar-refractivity contribution in [2.45, 2.75) is 25.1 Å². The highest BCUT2D eigenvalue weighted by molar-refractivity contribution is 5.98. The lowest BCUT2D eigenvalue weighted by molar-refractivity contribution is -0.188. The smallest absolute Gasteiger partial charge is 0.393 e. The van der Waals surface area contributed by atoms with Crippen molar-refractivity contribution in [2.75, 3.05) is 24.5 Å². The number of alkyl halides is 3. The van der Waals surface area contributed by atoms with Crippen LogP contribution >= 0.6 is 0 Å². The van der Waals surface area contributed by atoms with E-state index in [0.29, 0.717) is 12.8 Å². The second kappa shape index (κ2) is 6.86. The molecule has 3 atom stereocenters. The lowest BCUT2D eigenvalue weighted by atomic mass is 9.96. The molecule has 0 aliphatic carbocycles. The van der Waals surface area contributed by atoms with Gasteiger partial charge < -0.3 is 10.0 Å². The predicted molar refractivity (Wildman–Crippen MR) is 84.0 cm³/mol. The zero-order chi connectivity index (χ0) is 19.1. The van der Waals surface area contributed by atoms with Gasteiger partial charge in [0.05, 0.1) is 23.6 Å². The van der Waals surface area contributed by atoms with Crippen molar-refractivity contribution >= 4 is 17.6 Å². The number of aliphatic carboxylic acids is 1. The first kappa shape index (κ1) is 18.6. The number of carboxylic acids is 1. The summed E-state index contributed by atoms with van der Waals surface area (Å²) in [5, 5.41) is 9.12. The molecule has 26 heavy (non-hydrogen) atoms. The summed E-state index contributed by atoms with van der Waals surface area (Å²) in [5.41, 5.74) is 0.0866. The molecule has 2 fully saturated rings. The SMILES string of the molecule is O=C(O)[C@@H]1CN(C2CCCN(c3ccccc3F)C2=O)C[C@H]1C(F)(F)F. The van der Waals surface area contributed by atoms with E-state index in [0.717, 1.165) is 0 Å². The van der Waals surface area contributed by atoms with Gasteiger partial charge in [-0.25, -0.2) is 4.39 Å².